The molecule has 4 rings (SSSR count). The van der Waals surface area contributed by atoms with Crippen LogP contribution in [0.2, 0.25) is 0 Å². The molecule has 1 heterocycles. The smallest absolute Gasteiger partial charge is 0.205 e. The zero-order valence-electron chi connectivity index (χ0n) is 11.7. The van der Waals surface area contributed by atoms with Crippen LogP contribution in [0.4, 0.5) is 4.39 Å². The Morgan fingerprint density at radius 1 is 0.909 bits per heavy atom. The fraction of sp³-hybridized carbons (Fsp3) is 0.0556. The van der Waals surface area contributed by atoms with Crippen molar-refractivity contribution in [1.29, 1.82) is 0 Å². The molecular formula is C18H11FO3. The molecular weight excluding hydrogens is 283 g/mol. The van der Waals surface area contributed by atoms with Crippen molar-refractivity contribution in [3.63, 3.8) is 0 Å². The van der Waals surface area contributed by atoms with E-state index in [9.17, 15) is 9.18 Å². The molecule has 0 radical (unpaired) electrons. The maximum Gasteiger partial charge on any atom is 0.205 e. The van der Waals surface area contributed by atoms with Gasteiger partial charge in [0, 0.05) is 5.39 Å². The van der Waals surface area contributed by atoms with Gasteiger partial charge in [0.15, 0.2) is 0 Å². The lowest BCUT2D eigenvalue weighted by molar-refractivity contribution is 0.419. The molecule has 0 aliphatic heterocycles. The molecule has 0 saturated carbocycles. The summed E-state index contributed by atoms with van der Waals surface area (Å²) >= 11 is 0. The van der Waals surface area contributed by atoms with Crippen LogP contribution >= 0.6 is 0 Å². The zero-order chi connectivity index (χ0) is 15.3. The third kappa shape index (κ3) is 1.64. The number of hydrogen-bond acceptors (Lipinski definition) is 3. The van der Waals surface area contributed by atoms with Crippen LogP contribution in [-0.2, 0) is 0 Å². The SMILES string of the molecule is COc1cccc2oc3ccc4cccc(F)c4c3c(=O)c12. The van der Waals surface area contributed by atoms with Crippen molar-refractivity contribution < 1.29 is 13.5 Å². The third-order valence-electron chi connectivity index (χ3n) is 3.84. The molecule has 108 valence electrons. The minimum absolute atomic E-state index is 0.243. The van der Waals surface area contributed by atoms with Crippen molar-refractivity contribution >= 4 is 32.7 Å². The van der Waals surface area contributed by atoms with Gasteiger partial charge in [-0.05, 0) is 29.7 Å². The molecule has 4 aromatic rings. The lowest BCUT2D eigenvalue weighted by Gasteiger charge is -2.08. The van der Waals surface area contributed by atoms with Gasteiger partial charge < -0.3 is 9.15 Å². The highest BCUT2D eigenvalue weighted by atomic mass is 19.1. The first-order valence-corrected chi connectivity index (χ1v) is 6.81. The van der Waals surface area contributed by atoms with Crippen LogP contribution in [0, 0.1) is 5.82 Å². The van der Waals surface area contributed by atoms with Crippen molar-refractivity contribution in [2.24, 2.45) is 0 Å². The van der Waals surface area contributed by atoms with Gasteiger partial charge in [-0.1, -0.05) is 24.3 Å². The Hall–Kier alpha value is -2.88. The molecule has 0 atom stereocenters. The van der Waals surface area contributed by atoms with Gasteiger partial charge in [0.05, 0.1) is 12.5 Å². The molecule has 0 spiro atoms. The summed E-state index contributed by atoms with van der Waals surface area (Å²) in [5.41, 5.74) is 0.500. The second-order valence-electron chi connectivity index (χ2n) is 5.04. The van der Waals surface area contributed by atoms with E-state index in [1.807, 2.05) is 0 Å². The quantitative estimate of drug-likeness (QED) is 0.389. The van der Waals surface area contributed by atoms with Gasteiger partial charge in [-0.2, -0.15) is 0 Å². The van der Waals surface area contributed by atoms with E-state index >= 15 is 0 Å². The van der Waals surface area contributed by atoms with Gasteiger partial charge in [-0.25, -0.2) is 4.39 Å². The standard InChI is InChI=1S/C18H11FO3/c1-21-12-6-3-7-13-16(12)18(20)17-14(22-13)9-8-10-4-2-5-11(19)15(10)17/h2-9H,1H3. The van der Waals surface area contributed by atoms with E-state index in [4.69, 9.17) is 9.15 Å². The van der Waals surface area contributed by atoms with E-state index in [0.29, 0.717) is 27.7 Å². The Morgan fingerprint density at radius 2 is 1.68 bits per heavy atom. The highest BCUT2D eigenvalue weighted by molar-refractivity contribution is 6.09. The van der Waals surface area contributed by atoms with Gasteiger partial charge in [-0.15, -0.1) is 0 Å². The first-order valence-electron chi connectivity index (χ1n) is 6.81. The van der Waals surface area contributed by atoms with Crippen molar-refractivity contribution in [3.05, 3.63) is 64.6 Å². The van der Waals surface area contributed by atoms with E-state index in [1.54, 1.807) is 42.5 Å². The van der Waals surface area contributed by atoms with Gasteiger partial charge in [0.1, 0.15) is 28.1 Å². The first-order chi connectivity index (χ1) is 10.7. The van der Waals surface area contributed by atoms with E-state index in [1.165, 1.54) is 13.2 Å². The summed E-state index contributed by atoms with van der Waals surface area (Å²) in [7, 11) is 1.49. The van der Waals surface area contributed by atoms with E-state index in [-0.39, 0.29) is 16.2 Å². The number of rotatable bonds is 1. The highest BCUT2D eigenvalue weighted by Crippen LogP contribution is 2.30. The Balaban J connectivity index is 2.36. The Bertz CT molecular complexity index is 1100. The normalized spacial score (nSPS) is 11.4. The van der Waals surface area contributed by atoms with Gasteiger partial charge >= 0.3 is 0 Å². The molecule has 22 heavy (non-hydrogen) atoms. The van der Waals surface area contributed by atoms with E-state index in [0.717, 1.165) is 0 Å². The van der Waals surface area contributed by atoms with E-state index < -0.39 is 5.82 Å². The van der Waals surface area contributed by atoms with Gasteiger partial charge in [0.25, 0.3) is 0 Å². The predicted molar refractivity (Wildman–Crippen MR) is 84.0 cm³/mol. The number of fused-ring (bicyclic) bond motifs is 4. The summed E-state index contributed by atoms with van der Waals surface area (Å²) in [5, 5.41) is 1.51. The van der Waals surface area contributed by atoms with Crippen LogP contribution in [0.1, 0.15) is 0 Å². The molecule has 0 saturated heterocycles. The largest absolute Gasteiger partial charge is 0.496 e. The number of ether oxygens (including phenoxy) is 1. The van der Waals surface area contributed by atoms with Gasteiger partial charge in [0.2, 0.25) is 5.43 Å². The average molecular weight is 294 g/mol. The van der Waals surface area contributed by atoms with E-state index in [2.05, 4.69) is 0 Å². The van der Waals surface area contributed by atoms with Crippen molar-refractivity contribution in [3.8, 4) is 5.75 Å². The molecule has 0 aliphatic rings. The molecule has 1 aromatic heterocycles. The summed E-state index contributed by atoms with van der Waals surface area (Å²) in [4.78, 5) is 12.9. The third-order valence-corrected chi connectivity index (χ3v) is 3.84. The molecule has 0 fully saturated rings. The molecule has 0 amide bonds. The monoisotopic (exact) mass is 294 g/mol. The van der Waals surface area contributed by atoms with Crippen LogP contribution < -0.4 is 10.2 Å². The lowest BCUT2D eigenvalue weighted by atomic mass is 10.0. The second-order valence-corrected chi connectivity index (χ2v) is 5.04. The minimum atomic E-state index is -0.440. The second kappa shape index (κ2) is 4.56. The number of hydrogen-bond donors (Lipinski definition) is 0. The van der Waals surface area contributed by atoms with Crippen molar-refractivity contribution in [2.45, 2.75) is 0 Å². The Kier molecular flexibility index (Phi) is 2.66. The minimum Gasteiger partial charge on any atom is -0.496 e. The van der Waals surface area contributed by atoms with Crippen LogP contribution in [0.3, 0.4) is 0 Å². The van der Waals surface area contributed by atoms with Gasteiger partial charge in [-0.3, -0.25) is 4.79 Å². The number of methoxy groups -OCH3 is 1. The number of benzene rings is 3. The van der Waals surface area contributed by atoms with Crippen molar-refractivity contribution in [1.82, 2.24) is 0 Å². The van der Waals surface area contributed by atoms with Crippen LogP contribution in [0.25, 0.3) is 32.7 Å². The maximum absolute atomic E-state index is 14.3. The topological polar surface area (TPSA) is 39.4 Å². The van der Waals surface area contributed by atoms with Crippen LogP contribution in [0.5, 0.6) is 5.75 Å². The summed E-state index contributed by atoms with van der Waals surface area (Å²) < 4.78 is 25.3. The lowest BCUT2D eigenvalue weighted by Crippen LogP contribution is -2.05. The molecule has 0 N–H and O–H groups in total. The molecule has 3 aromatic carbocycles. The molecule has 4 heteroatoms. The summed E-state index contributed by atoms with van der Waals surface area (Å²) in [6, 6.07) is 13.3. The summed E-state index contributed by atoms with van der Waals surface area (Å²) in [6.07, 6.45) is 0. The average Bonchev–Trinajstić information content (AvgIpc) is 2.54. The Labute approximate surface area is 124 Å². The Morgan fingerprint density at radius 3 is 2.50 bits per heavy atom. The predicted octanol–water partition coefficient (Wildman–Crippen LogP) is 4.25. The van der Waals surface area contributed by atoms with Crippen molar-refractivity contribution in [2.75, 3.05) is 7.11 Å². The maximum atomic E-state index is 14.3. The molecule has 0 unspecified atom stereocenters. The number of halogens is 1. The molecule has 0 bridgehead atoms. The fourth-order valence-electron chi connectivity index (χ4n) is 2.86. The van der Waals surface area contributed by atoms with Crippen LogP contribution in [-0.4, -0.2) is 7.11 Å². The fourth-order valence-corrected chi connectivity index (χ4v) is 2.86. The molecule has 3 nitrogen and oxygen atoms in total. The zero-order valence-corrected chi connectivity index (χ0v) is 11.7. The summed E-state index contributed by atoms with van der Waals surface area (Å²) in [6.45, 7) is 0. The first kappa shape index (κ1) is 12.8. The molecule has 0 aliphatic carbocycles. The summed E-state index contributed by atoms with van der Waals surface area (Å²) in [5.74, 6) is -0.0221. The highest BCUT2D eigenvalue weighted by Gasteiger charge is 2.16. The van der Waals surface area contributed by atoms with Crippen LogP contribution in [0.15, 0.2) is 57.7 Å².